The zero-order valence-electron chi connectivity index (χ0n) is 12.1. The number of hydrogen-bond donors (Lipinski definition) is 2. The standard InChI is InChI=1S/C16H20N2O3/c1-10-5-4-8-17-14(10)15(19)18-12-7-3-2-6-11(12)9-13(18)16(20)21/h2-3,6-7,10,13-14,17H,4-5,8-9H2,1H3,(H,20,21). The summed E-state index contributed by atoms with van der Waals surface area (Å²) in [6.07, 6.45) is 2.44. The average molecular weight is 288 g/mol. The van der Waals surface area contributed by atoms with Crippen molar-refractivity contribution in [3.8, 4) is 0 Å². The SMILES string of the molecule is CC1CCCNC1C(=O)N1c2ccccc2CC1C(=O)O. The van der Waals surface area contributed by atoms with Gasteiger partial charge in [-0.3, -0.25) is 9.69 Å². The number of rotatable bonds is 2. The van der Waals surface area contributed by atoms with E-state index in [1.165, 1.54) is 4.90 Å². The van der Waals surface area contributed by atoms with E-state index in [0.29, 0.717) is 6.42 Å². The van der Waals surface area contributed by atoms with Crippen LogP contribution in [0.25, 0.3) is 0 Å². The van der Waals surface area contributed by atoms with E-state index in [9.17, 15) is 14.7 Å². The molecule has 0 aromatic heterocycles. The van der Waals surface area contributed by atoms with E-state index in [1.54, 1.807) is 0 Å². The number of amides is 1. The van der Waals surface area contributed by atoms with E-state index in [0.717, 1.165) is 30.6 Å². The maximum atomic E-state index is 12.9. The first-order valence-corrected chi connectivity index (χ1v) is 7.46. The number of aliphatic carboxylic acids is 1. The van der Waals surface area contributed by atoms with Gasteiger partial charge in [-0.25, -0.2) is 4.79 Å². The number of nitrogens with zero attached hydrogens (tertiary/aromatic N) is 1. The topological polar surface area (TPSA) is 69.6 Å². The number of piperidine rings is 1. The first-order chi connectivity index (χ1) is 10.1. The van der Waals surface area contributed by atoms with Crippen molar-refractivity contribution in [2.24, 2.45) is 5.92 Å². The maximum absolute atomic E-state index is 12.9. The van der Waals surface area contributed by atoms with Crippen molar-refractivity contribution in [3.63, 3.8) is 0 Å². The fourth-order valence-corrected chi connectivity index (χ4v) is 3.39. The number of fused-ring (bicyclic) bond motifs is 1. The smallest absolute Gasteiger partial charge is 0.327 e. The minimum atomic E-state index is -0.942. The first kappa shape index (κ1) is 14.1. The molecule has 1 aromatic rings. The summed E-state index contributed by atoms with van der Waals surface area (Å²) in [5.74, 6) is -0.823. The molecule has 3 unspecified atom stereocenters. The van der Waals surface area contributed by atoms with Crippen molar-refractivity contribution in [1.82, 2.24) is 5.32 Å². The van der Waals surface area contributed by atoms with Crippen LogP contribution >= 0.6 is 0 Å². The Balaban J connectivity index is 1.93. The summed E-state index contributed by atoms with van der Waals surface area (Å²) in [5.41, 5.74) is 1.68. The number of carbonyl (C=O) groups excluding carboxylic acids is 1. The van der Waals surface area contributed by atoms with Crippen molar-refractivity contribution < 1.29 is 14.7 Å². The molecule has 2 N–H and O–H groups in total. The van der Waals surface area contributed by atoms with Gasteiger partial charge in [0.25, 0.3) is 0 Å². The first-order valence-electron chi connectivity index (χ1n) is 7.46. The van der Waals surface area contributed by atoms with Crippen LogP contribution < -0.4 is 10.2 Å². The third-order valence-corrected chi connectivity index (χ3v) is 4.53. The number of carboxylic acids is 1. The molecule has 2 aliphatic heterocycles. The van der Waals surface area contributed by atoms with Gasteiger partial charge in [-0.2, -0.15) is 0 Å². The number of carbonyl (C=O) groups is 2. The fraction of sp³-hybridized carbons (Fsp3) is 0.500. The zero-order valence-corrected chi connectivity index (χ0v) is 12.1. The summed E-state index contributed by atoms with van der Waals surface area (Å²) >= 11 is 0. The predicted octanol–water partition coefficient (Wildman–Crippen LogP) is 1.42. The second kappa shape index (κ2) is 5.48. The van der Waals surface area contributed by atoms with Crippen LogP contribution in [0.15, 0.2) is 24.3 Å². The Labute approximate surface area is 123 Å². The fourth-order valence-electron chi connectivity index (χ4n) is 3.39. The van der Waals surface area contributed by atoms with Crippen LogP contribution in [-0.2, 0) is 16.0 Å². The van der Waals surface area contributed by atoms with Gasteiger partial charge in [0.05, 0.1) is 6.04 Å². The molecule has 1 saturated heterocycles. The lowest BCUT2D eigenvalue weighted by atomic mass is 9.91. The lowest BCUT2D eigenvalue weighted by Crippen LogP contribution is -2.55. The molecule has 0 spiro atoms. The van der Waals surface area contributed by atoms with E-state index in [1.807, 2.05) is 31.2 Å². The average Bonchev–Trinajstić information content (AvgIpc) is 2.86. The maximum Gasteiger partial charge on any atom is 0.327 e. The number of nitrogens with one attached hydrogen (secondary N) is 1. The van der Waals surface area contributed by atoms with Gasteiger partial charge in [-0.15, -0.1) is 0 Å². The molecule has 2 aliphatic rings. The Hall–Kier alpha value is -1.88. The Morgan fingerprint density at radius 1 is 1.33 bits per heavy atom. The summed E-state index contributed by atoms with van der Waals surface area (Å²) in [5, 5.41) is 12.7. The van der Waals surface area contributed by atoms with Gasteiger partial charge in [-0.05, 0) is 36.9 Å². The Bertz CT molecular complexity index is 572. The molecule has 1 fully saturated rings. The minimum absolute atomic E-state index is 0.112. The predicted molar refractivity (Wildman–Crippen MR) is 79.2 cm³/mol. The second-order valence-corrected chi connectivity index (χ2v) is 5.95. The third-order valence-electron chi connectivity index (χ3n) is 4.53. The van der Waals surface area contributed by atoms with Gasteiger partial charge in [0.1, 0.15) is 6.04 Å². The van der Waals surface area contributed by atoms with Gasteiger partial charge in [-0.1, -0.05) is 25.1 Å². The van der Waals surface area contributed by atoms with E-state index < -0.39 is 12.0 Å². The molecule has 1 amide bonds. The summed E-state index contributed by atoms with van der Waals surface area (Å²) in [6.45, 7) is 2.86. The number of hydrogen-bond acceptors (Lipinski definition) is 3. The second-order valence-electron chi connectivity index (χ2n) is 5.95. The van der Waals surface area contributed by atoms with Crippen LogP contribution in [0.3, 0.4) is 0 Å². The molecule has 5 nitrogen and oxygen atoms in total. The monoisotopic (exact) mass is 288 g/mol. The van der Waals surface area contributed by atoms with Crippen molar-refractivity contribution in [3.05, 3.63) is 29.8 Å². The van der Waals surface area contributed by atoms with E-state index in [-0.39, 0.29) is 17.9 Å². The molecule has 0 bridgehead atoms. The van der Waals surface area contributed by atoms with Gasteiger partial charge in [0.2, 0.25) is 5.91 Å². The molecule has 3 atom stereocenters. The van der Waals surface area contributed by atoms with Crippen LogP contribution in [0.2, 0.25) is 0 Å². The highest BCUT2D eigenvalue weighted by Gasteiger charge is 2.42. The Kier molecular flexibility index (Phi) is 3.68. The quantitative estimate of drug-likeness (QED) is 0.863. The van der Waals surface area contributed by atoms with Crippen molar-refractivity contribution in [1.29, 1.82) is 0 Å². The van der Waals surface area contributed by atoms with E-state index in [2.05, 4.69) is 5.32 Å². The van der Waals surface area contributed by atoms with Crippen molar-refractivity contribution >= 4 is 17.6 Å². The highest BCUT2D eigenvalue weighted by molar-refractivity contribution is 6.04. The highest BCUT2D eigenvalue weighted by atomic mass is 16.4. The molecule has 0 saturated carbocycles. The molecule has 0 aliphatic carbocycles. The van der Waals surface area contributed by atoms with Crippen molar-refractivity contribution in [2.45, 2.75) is 38.3 Å². The van der Waals surface area contributed by atoms with Crippen LogP contribution in [0.4, 0.5) is 5.69 Å². The van der Waals surface area contributed by atoms with Gasteiger partial charge in [0.15, 0.2) is 0 Å². The summed E-state index contributed by atoms with van der Waals surface area (Å²) in [7, 11) is 0. The van der Waals surface area contributed by atoms with Gasteiger partial charge in [0, 0.05) is 12.1 Å². The lowest BCUT2D eigenvalue weighted by Gasteiger charge is -2.34. The molecule has 21 heavy (non-hydrogen) atoms. The summed E-state index contributed by atoms with van der Waals surface area (Å²) in [6, 6.07) is 6.39. The molecule has 3 rings (SSSR count). The summed E-state index contributed by atoms with van der Waals surface area (Å²) in [4.78, 5) is 25.9. The van der Waals surface area contributed by atoms with Crippen LogP contribution in [-0.4, -0.2) is 35.6 Å². The molecule has 2 heterocycles. The molecular formula is C16H20N2O3. The van der Waals surface area contributed by atoms with Crippen molar-refractivity contribution in [2.75, 3.05) is 11.4 Å². The van der Waals surface area contributed by atoms with Gasteiger partial charge >= 0.3 is 5.97 Å². The van der Waals surface area contributed by atoms with Crippen LogP contribution in [0.1, 0.15) is 25.3 Å². The number of para-hydroxylation sites is 1. The minimum Gasteiger partial charge on any atom is -0.480 e. The summed E-state index contributed by atoms with van der Waals surface area (Å²) < 4.78 is 0. The molecule has 5 heteroatoms. The van der Waals surface area contributed by atoms with Crippen LogP contribution in [0.5, 0.6) is 0 Å². The highest BCUT2D eigenvalue weighted by Crippen LogP contribution is 2.33. The number of carboxylic acid groups (broad SMARTS) is 1. The van der Waals surface area contributed by atoms with Gasteiger partial charge < -0.3 is 10.4 Å². The molecular weight excluding hydrogens is 268 g/mol. The number of anilines is 1. The van der Waals surface area contributed by atoms with E-state index >= 15 is 0 Å². The Morgan fingerprint density at radius 3 is 2.81 bits per heavy atom. The zero-order chi connectivity index (χ0) is 15.0. The molecule has 0 radical (unpaired) electrons. The molecule has 1 aromatic carbocycles. The molecule has 112 valence electrons. The third kappa shape index (κ3) is 2.42. The van der Waals surface area contributed by atoms with Crippen LogP contribution in [0, 0.1) is 5.92 Å². The largest absolute Gasteiger partial charge is 0.480 e. The number of benzene rings is 1. The lowest BCUT2D eigenvalue weighted by molar-refractivity contribution is -0.140. The van der Waals surface area contributed by atoms with E-state index in [4.69, 9.17) is 0 Å². The normalized spacial score (nSPS) is 28.2. The Morgan fingerprint density at radius 2 is 2.10 bits per heavy atom.